The molecule has 1 aromatic rings. The lowest BCUT2D eigenvalue weighted by Gasteiger charge is -2.23. The largest absolute Gasteiger partial charge is 0.334 e. The number of imide groups is 2. The van der Waals surface area contributed by atoms with E-state index in [1.165, 1.54) is 7.05 Å². The second-order valence-corrected chi connectivity index (χ2v) is 6.38. The van der Waals surface area contributed by atoms with Gasteiger partial charge < -0.3 is 5.32 Å². The number of carbonyl (C=O) groups excluding carboxylic acids is 4. The molecule has 1 fully saturated rings. The number of nitrogens with zero attached hydrogens (tertiary/aromatic N) is 2. The Morgan fingerprint density at radius 1 is 1.09 bits per heavy atom. The molecule has 1 heterocycles. The Kier molecular flexibility index (Phi) is 4.22. The van der Waals surface area contributed by atoms with Crippen LogP contribution in [0, 0.1) is 0 Å². The molecule has 0 spiro atoms. The normalized spacial score (nSPS) is 15.4. The van der Waals surface area contributed by atoms with Gasteiger partial charge in [0.1, 0.15) is 6.54 Å². The zero-order valence-corrected chi connectivity index (χ0v) is 13.5. The molecule has 1 N–H and O–H groups in total. The van der Waals surface area contributed by atoms with Crippen molar-refractivity contribution in [2.24, 2.45) is 0 Å². The van der Waals surface area contributed by atoms with Crippen LogP contribution in [-0.2, 0) is 19.8 Å². The first kappa shape index (κ1) is 16.7. The minimum absolute atomic E-state index is 0.181. The molecule has 0 atom stereocenters. The summed E-state index contributed by atoms with van der Waals surface area (Å²) in [6.45, 7) is 5.55. The number of carbonyl (C=O) groups is 4. The molecule has 0 bridgehead atoms. The maximum absolute atomic E-state index is 12.2. The summed E-state index contributed by atoms with van der Waals surface area (Å²) in [5.41, 5.74) is 1.36. The van der Waals surface area contributed by atoms with Gasteiger partial charge in [0.15, 0.2) is 0 Å². The molecule has 122 valence electrons. The molecule has 1 aromatic carbocycles. The highest BCUT2D eigenvalue weighted by molar-refractivity contribution is 6.44. The molecular formula is C16H19N3O4. The highest BCUT2D eigenvalue weighted by Gasteiger charge is 2.43. The minimum atomic E-state index is -0.989. The smallest absolute Gasteiger partial charge is 0.324 e. The van der Waals surface area contributed by atoms with Gasteiger partial charge in [0.2, 0.25) is 5.91 Å². The van der Waals surface area contributed by atoms with Crippen molar-refractivity contribution >= 4 is 29.4 Å². The number of hydrogen-bond donors (Lipinski definition) is 1. The molecular weight excluding hydrogens is 298 g/mol. The molecule has 5 amide bonds. The summed E-state index contributed by atoms with van der Waals surface area (Å²) in [6, 6.07) is 6.52. The van der Waals surface area contributed by atoms with E-state index in [4.69, 9.17) is 0 Å². The van der Waals surface area contributed by atoms with Crippen LogP contribution in [0.15, 0.2) is 24.3 Å². The molecule has 2 rings (SSSR count). The van der Waals surface area contributed by atoms with Crippen molar-refractivity contribution in [3.05, 3.63) is 29.8 Å². The number of rotatable bonds is 3. The van der Waals surface area contributed by atoms with Gasteiger partial charge in [-0.05, 0) is 17.0 Å². The highest BCUT2D eigenvalue weighted by atomic mass is 16.2. The first-order chi connectivity index (χ1) is 10.6. The molecule has 23 heavy (non-hydrogen) atoms. The maximum atomic E-state index is 12.2. The molecule has 0 aliphatic carbocycles. The maximum Gasteiger partial charge on any atom is 0.334 e. The number of para-hydroxylation sites is 1. The van der Waals surface area contributed by atoms with Gasteiger partial charge in [-0.1, -0.05) is 39.0 Å². The summed E-state index contributed by atoms with van der Waals surface area (Å²) in [7, 11) is 1.20. The van der Waals surface area contributed by atoms with Crippen LogP contribution in [-0.4, -0.2) is 47.1 Å². The topological polar surface area (TPSA) is 86.8 Å². The first-order valence-corrected chi connectivity index (χ1v) is 7.16. The second kappa shape index (κ2) is 5.83. The molecule has 0 saturated carbocycles. The Morgan fingerprint density at radius 3 is 2.22 bits per heavy atom. The van der Waals surface area contributed by atoms with E-state index in [0.29, 0.717) is 15.5 Å². The van der Waals surface area contributed by atoms with Crippen LogP contribution in [0.4, 0.5) is 10.5 Å². The Morgan fingerprint density at radius 2 is 1.70 bits per heavy atom. The van der Waals surface area contributed by atoms with Crippen LogP contribution < -0.4 is 5.32 Å². The summed E-state index contributed by atoms with van der Waals surface area (Å²) in [4.78, 5) is 48.4. The van der Waals surface area contributed by atoms with Crippen molar-refractivity contribution in [3.8, 4) is 0 Å². The number of likely N-dealkylation sites (N-methyl/N-ethyl adjacent to an activating group) is 1. The standard InChI is InChI=1S/C16H19N3O4/c1-16(2,3)10-7-5-6-8-11(10)17-12(20)9-19-14(22)13(21)18(4)15(19)23/h5-8H,9H2,1-4H3,(H,17,20). The van der Waals surface area contributed by atoms with E-state index >= 15 is 0 Å². The van der Waals surface area contributed by atoms with E-state index in [9.17, 15) is 19.2 Å². The quantitative estimate of drug-likeness (QED) is 0.673. The third-order valence-electron chi connectivity index (χ3n) is 3.56. The summed E-state index contributed by atoms with van der Waals surface area (Å²) >= 11 is 0. The number of anilines is 1. The van der Waals surface area contributed by atoms with E-state index in [0.717, 1.165) is 5.56 Å². The number of amides is 5. The van der Waals surface area contributed by atoms with Gasteiger partial charge in [-0.25, -0.2) is 9.69 Å². The van der Waals surface area contributed by atoms with Crippen LogP contribution >= 0.6 is 0 Å². The molecule has 1 aliphatic heterocycles. The lowest BCUT2D eigenvalue weighted by molar-refractivity contribution is -0.143. The van der Waals surface area contributed by atoms with Gasteiger partial charge in [-0.2, -0.15) is 0 Å². The Balaban J connectivity index is 2.14. The van der Waals surface area contributed by atoms with Gasteiger partial charge in [0, 0.05) is 12.7 Å². The van der Waals surface area contributed by atoms with Gasteiger partial charge >= 0.3 is 17.8 Å². The van der Waals surface area contributed by atoms with Crippen molar-refractivity contribution in [3.63, 3.8) is 0 Å². The molecule has 7 nitrogen and oxygen atoms in total. The highest BCUT2D eigenvalue weighted by Crippen LogP contribution is 2.29. The van der Waals surface area contributed by atoms with E-state index in [1.807, 2.05) is 32.9 Å². The SMILES string of the molecule is CN1C(=O)C(=O)N(CC(=O)Nc2ccccc2C(C)(C)C)C1=O. The van der Waals surface area contributed by atoms with E-state index in [2.05, 4.69) is 5.32 Å². The average Bonchev–Trinajstić information content (AvgIpc) is 2.64. The monoisotopic (exact) mass is 317 g/mol. The van der Waals surface area contributed by atoms with E-state index in [1.54, 1.807) is 12.1 Å². The lowest BCUT2D eigenvalue weighted by Crippen LogP contribution is -2.38. The lowest BCUT2D eigenvalue weighted by atomic mass is 9.86. The molecule has 7 heteroatoms. The zero-order valence-electron chi connectivity index (χ0n) is 13.5. The van der Waals surface area contributed by atoms with Gasteiger partial charge in [-0.3, -0.25) is 19.3 Å². The zero-order chi connectivity index (χ0) is 17.4. The van der Waals surface area contributed by atoms with Crippen LogP contribution in [0.3, 0.4) is 0 Å². The van der Waals surface area contributed by atoms with Gasteiger partial charge in [0.05, 0.1) is 0 Å². The molecule has 0 radical (unpaired) electrons. The predicted molar refractivity (Wildman–Crippen MR) is 83.7 cm³/mol. The summed E-state index contributed by atoms with van der Waals surface area (Å²) in [6.07, 6.45) is 0. The van der Waals surface area contributed by atoms with Crippen LogP contribution in [0.25, 0.3) is 0 Å². The number of nitrogens with one attached hydrogen (secondary N) is 1. The van der Waals surface area contributed by atoms with Crippen LogP contribution in [0.2, 0.25) is 0 Å². The molecule has 1 aliphatic rings. The summed E-state index contributed by atoms with van der Waals surface area (Å²) in [5, 5.41) is 2.70. The molecule has 0 unspecified atom stereocenters. The Hall–Kier alpha value is -2.70. The average molecular weight is 317 g/mol. The van der Waals surface area contributed by atoms with E-state index in [-0.39, 0.29) is 5.41 Å². The van der Waals surface area contributed by atoms with Crippen molar-refractivity contribution in [1.82, 2.24) is 9.80 Å². The van der Waals surface area contributed by atoms with Crippen LogP contribution in [0.5, 0.6) is 0 Å². The fraction of sp³-hybridized carbons (Fsp3) is 0.375. The van der Waals surface area contributed by atoms with Gasteiger partial charge in [0.25, 0.3) is 0 Å². The third-order valence-corrected chi connectivity index (χ3v) is 3.56. The van der Waals surface area contributed by atoms with Crippen LogP contribution in [0.1, 0.15) is 26.3 Å². The van der Waals surface area contributed by atoms with Crippen molar-refractivity contribution < 1.29 is 19.2 Å². The second-order valence-electron chi connectivity index (χ2n) is 6.38. The Labute approximate surface area is 134 Å². The number of urea groups is 1. The fourth-order valence-corrected chi connectivity index (χ4v) is 2.33. The summed E-state index contributed by atoms with van der Waals surface area (Å²) < 4.78 is 0. The summed E-state index contributed by atoms with van der Waals surface area (Å²) in [5.74, 6) is -2.46. The van der Waals surface area contributed by atoms with E-state index < -0.39 is 30.3 Å². The van der Waals surface area contributed by atoms with Crippen molar-refractivity contribution in [2.45, 2.75) is 26.2 Å². The van der Waals surface area contributed by atoms with Gasteiger partial charge in [-0.15, -0.1) is 0 Å². The Bertz CT molecular complexity index is 691. The first-order valence-electron chi connectivity index (χ1n) is 7.16. The minimum Gasteiger partial charge on any atom is -0.324 e. The molecule has 1 saturated heterocycles. The third kappa shape index (κ3) is 3.23. The fourth-order valence-electron chi connectivity index (χ4n) is 2.33. The predicted octanol–water partition coefficient (Wildman–Crippen LogP) is 1.34. The number of benzene rings is 1. The number of hydrogen-bond acceptors (Lipinski definition) is 4. The van der Waals surface area contributed by atoms with Crippen molar-refractivity contribution in [2.75, 3.05) is 18.9 Å². The van der Waals surface area contributed by atoms with Crippen molar-refractivity contribution in [1.29, 1.82) is 0 Å². The molecule has 0 aromatic heterocycles.